The second-order valence-corrected chi connectivity index (χ2v) is 10.00. The topological polar surface area (TPSA) is 85.9 Å². The van der Waals surface area contributed by atoms with Crippen LogP contribution in [0.25, 0.3) is 0 Å². The summed E-state index contributed by atoms with van der Waals surface area (Å²) >= 11 is 0. The molecule has 0 amide bonds. The van der Waals surface area contributed by atoms with E-state index in [1.54, 1.807) is 0 Å². The summed E-state index contributed by atoms with van der Waals surface area (Å²) in [5.74, 6) is 0.941. The van der Waals surface area contributed by atoms with Gasteiger partial charge in [0.1, 0.15) is 0 Å². The molecular formula is C23H40N8O. The minimum atomic E-state index is 0.464. The van der Waals surface area contributed by atoms with Crippen LogP contribution in [0.3, 0.4) is 0 Å². The van der Waals surface area contributed by atoms with Crippen molar-refractivity contribution in [3.63, 3.8) is 0 Å². The maximum Gasteiger partial charge on any atom is 0.0852 e. The van der Waals surface area contributed by atoms with Crippen molar-refractivity contribution in [3.8, 4) is 0 Å². The van der Waals surface area contributed by atoms with E-state index >= 15 is 0 Å². The monoisotopic (exact) mass is 444 g/mol. The summed E-state index contributed by atoms with van der Waals surface area (Å²) in [5, 5.41) is 20.3. The van der Waals surface area contributed by atoms with Crippen LogP contribution in [-0.4, -0.2) is 80.3 Å². The summed E-state index contributed by atoms with van der Waals surface area (Å²) in [4.78, 5) is 2.56. The first kappa shape index (κ1) is 23.3. The van der Waals surface area contributed by atoms with Crippen molar-refractivity contribution >= 4 is 0 Å². The van der Waals surface area contributed by atoms with Crippen LogP contribution in [-0.2, 0) is 4.74 Å². The van der Waals surface area contributed by atoms with Crippen LogP contribution in [0, 0.1) is 0 Å². The van der Waals surface area contributed by atoms with Gasteiger partial charge in [-0.15, -0.1) is 10.2 Å². The van der Waals surface area contributed by atoms with Gasteiger partial charge < -0.3 is 10.1 Å². The smallest absolute Gasteiger partial charge is 0.0852 e. The first-order chi connectivity index (χ1) is 15.5. The van der Waals surface area contributed by atoms with Gasteiger partial charge in [-0.05, 0) is 50.6 Å². The molecule has 3 aliphatic heterocycles. The minimum Gasteiger partial charge on any atom is -0.378 e. The van der Waals surface area contributed by atoms with Crippen molar-refractivity contribution < 1.29 is 4.74 Å². The third kappa shape index (κ3) is 5.74. The number of ether oxygens (including phenoxy) is 1. The lowest BCUT2D eigenvalue weighted by atomic mass is 10.0. The van der Waals surface area contributed by atoms with Crippen molar-refractivity contribution in [3.05, 3.63) is 23.8 Å². The van der Waals surface area contributed by atoms with Crippen LogP contribution >= 0.6 is 0 Å². The molecule has 3 aliphatic rings. The Morgan fingerprint density at radius 1 is 0.781 bits per heavy atom. The molecule has 0 aromatic carbocycles. The lowest BCUT2D eigenvalue weighted by Gasteiger charge is -2.41. The average Bonchev–Trinajstić information content (AvgIpc) is 3.45. The zero-order valence-corrected chi connectivity index (χ0v) is 20.2. The van der Waals surface area contributed by atoms with Gasteiger partial charge in [-0.3, -0.25) is 4.90 Å². The fourth-order valence-electron chi connectivity index (χ4n) is 4.49. The molecule has 3 saturated heterocycles. The van der Waals surface area contributed by atoms with Gasteiger partial charge in [0.05, 0.1) is 42.7 Å². The van der Waals surface area contributed by atoms with Gasteiger partial charge in [0, 0.05) is 25.5 Å². The van der Waals surface area contributed by atoms with E-state index < -0.39 is 0 Å². The van der Waals surface area contributed by atoms with Crippen molar-refractivity contribution in [2.75, 3.05) is 39.4 Å². The SMILES string of the molecule is CC(C)c1cn(C2CCN(C3COC3)CC2)nn1.CC(C)c1cn(C2CCNCC2)nn1. The third-order valence-electron chi connectivity index (χ3n) is 6.93. The van der Waals surface area contributed by atoms with Crippen LogP contribution in [0.15, 0.2) is 12.4 Å². The maximum absolute atomic E-state index is 5.26. The van der Waals surface area contributed by atoms with Crippen LogP contribution in [0.2, 0.25) is 0 Å². The summed E-state index contributed by atoms with van der Waals surface area (Å²) in [5.41, 5.74) is 2.20. The van der Waals surface area contributed by atoms with Gasteiger partial charge in [-0.1, -0.05) is 38.1 Å². The van der Waals surface area contributed by atoms with Crippen molar-refractivity contribution in [1.82, 2.24) is 40.2 Å². The summed E-state index contributed by atoms with van der Waals surface area (Å²) in [6, 6.07) is 1.76. The lowest BCUT2D eigenvalue weighted by Crippen LogP contribution is -2.51. The highest BCUT2D eigenvalue weighted by molar-refractivity contribution is 5.00. The van der Waals surface area contributed by atoms with Gasteiger partial charge in [-0.2, -0.15) is 0 Å². The Labute approximate surface area is 191 Å². The molecule has 0 saturated carbocycles. The number of hydrogen-bond donors (Lipinski definition) is 1. The Bertz CT molecular complexity index is 814. The summed E-state index contributed by atoms with van der Waals surface area (Å²) in [7, 11) is 0. The normalized spacial score (nSPS) is 21.6. The number of rotatable bonds is 5. The van der Waals surface area contributed by atoms with E-state index in [0.29, 0.717) is 30.0 Å². The van der Waals surface area contributed by atoms with E-state index in [4.69, 9.17) is 4.74 Å². The minimum absolute atomic E-state index is 0.464. The summed E-state index contributed by atoms with van der Waals surface area (Å²) < 4.78 is 9.37. The second kappa shape index (κ2) is 10.9. The molecule has 9 nitrogen and oxygen atoms in total. The highest BCUT2D eigenvalue weighted by Crippen LogP contribution is 2.25. The van der Waals surface area contributed by atoms with Gasteiger partial charge >= 0.3 is 0 Å². The van der Waals surface area contributed by atoms with Crippen LogP contribution in [0.4, 0.5) is 0 Å². The first-order valence-electron chi connectivity index (χ1n) is 12.4. The summed E-state index contributed by atoms with van der Waals surface area (Å²) in [6.45, 7) is 15.0. The van der Waals surface area contributed by atoms with Crippen molar-refractivity contribution in [2.45, 2.75) is 83.3 Å². The predicted molar refractivity (Wildman–Crippen MR) is 124 cm³/mol. The quantitative estimate of drug-likeness (QED) is 0.759. The molecule has 0 unspecified atom stereocenters. The van der Waals surface area contributed by atoms with E-state index in [9.17, 15) is 0 Å². The molecule has 0 bridgehead atoms. The Kier molecular flexibility index (Phi) is 7.91. The first-order valence-corrected chi connectivity index (χ1v) is 12.4. The molecule has 9 heteroatoms. The molecule has 0 atom stereocenters. The highest BCUT2D eigenvalue weighted by Gasteiger charge is 2.30. The molecule has 32 heavy (non-hydrogen) atoms. The highest BCUT2D eigenvalue weighted by atomic mass is 16.5. The van der Waals surface area contributed by atoms with E-state index in [1.165, 1.54) is 25.7 Å². The van der Waals surface area contributed by atoms with E-state index in [0.717, 1.165) is 50.8 Å². The van der Waals surface area contributed by atoms with Gasteiger partial charge in [0.25, 0.3) is 0 Å². The zero-order valence-electron chi connectivity index (χ0n) is 20.2. The summed E-state index contributed by atoms with van der Waals surface area (Å²) in [6.07, 6.45) is 8.91. The molecule has 0 radical (unpaired) electrons. The molecular weight excluding hydrogens is 404 g/mol. The van der Waals surface area contributed by atoms with Crippen molar-refractivity contribution in [1.29, 1.82) is 0 Å². The van der Waals surface area contributed by atoms with Crippen LogP contribution in [0.1, 0.15) is 88.7 Å². The molecule has 0 spiro atoms. The van der Waals surface area contributed by atoms with Gasteiger partial charge in [0.2, 0.25) is 0 Å². The number of likely N-dealkylation sites (tertiary alicyclic amines) is 1. The molecule has 2 aromatic heterocycles. The van der Waals surface area contributed by atoms with Gasteiger partial charge in [0.15, 0.2) is 0 Å². The number of hydrogen-bond acceptors (Lipinski definition) is 7. The molecule has 178 valence electrons. The van der Waals surface area contributed by atoms with E-state index in [1.807, 2.05) is 4.68 Å². The Morgan fingerprint density at radius 2 is 1.28 bits per heavy atom. The fourth-order valence-corrected chi connectivity index (χ4v) is 4.49. The molecule has 1 N–H and O–H groups in total. The molecule has 2 aromatic rings. The number of piperidine rings is 2. The lowest BCUT2D eigenvalue weighted by molar-refractivity contribution is -0.0734. The standard InChI is InChI=1S/C13H22N4O.C10H18N4/c1-10(2)13-7-17(15-14-13)11-3-5-16(6-4-11)12-8-18-9-12;1-8(2)10-7-14(13-12-10)9-3-5-11-6-4-9/h7,10-12H,3-6,8-9H2,1-2H3;7-9,11H,3-6H2,1-2H3. The third-order valence-corrected chi connectivity index (χ3v) is 6.93. The largest absolute Gasteiger partial charge is 0.378 e. The Morgan fingerprint density at radius 3 is 1.69 bits per heavy atom. The Hall–Kier alpha value is -1.84. The van der Waals surface area contributed by atoms with Crippen LogP contribution in [0.5, 0.6) is 0 Å². The average molecular weight is 445 g/mol. The predicted octanol–water partition coefficient (Wildman–Crippen LogP) is 2.76. The molecule has 0 aliphatic carbocycles. The Balaban J connectivity index is 0.000000158. The second-order valence-electron chi connectivity index (χ2n) is 10.00. The number of nitrogens with one attached hydrogen (secondary N) is 1. The number of nitrogens with zero attached hydrogens (tertiary/aromatic N) is 7. The van der Waals surface area contributed by atoms with Crippen molar-refractivity contribution in [2.24, 2.45) is 0 Å². The maximum atomic E-state index is 5.26. The van der Waals surface area contributed by atoms with Crippen LogP contribution < -0.4 is 5.32 Å². The zero-order chi connectivity index (χ0) is 22.5. The molecule has 5 rings (SSSR count). The fraction of sp³-hybridized carbons (Fsp3) is 0.826. The number of aromatic nitrogens is 6. The van der Waals surface area contributed by atoms with E-state index in [2.05, 4.69) is 75.6 Å². The molecule has 3 fully saturated rings. The van der Waals surface area contributed by atoms with Gasteiger partial charge in [-0.25, -0.2) is 9.36 Å². The van der Waals surface area contributed by atoms with E-state index in [-0.39, 0.29) is 0 Å². The molecule has 5 heterocycles.